The molecule has 2 N–H and O–H groups in total. The smallest absolute Gasteiger partial charge is 0.475 e. The normalized spacial score (nSPS) is 21.1. The first-order chi connectivity index (χ1) is 14.4. The summed E-state index contributed by atoms with van der Waals surface area (Å²) in [5.41, 5.74) is 1.11. The second-order valence-electron chi connectivity index (χ2n) is 7.69. The van der Waals surface area contributed by atoms with Crippen LogP contribution in [-0.4, -0.2) is 68.2 Å². The first kappa shape index (κ1) is 25.9. The zero-order chi connectivity index (χ0) is 23.3. The van der Waals surface area contributed by atoms with Crippen molar-refractivity contribution in [3.05, 3.63) is 34.9 Å². The van der Waals surface area contributed by atoms with Crippen molar-refractivity contribution in [2.24, 2.45) is 5.92 Å². The Morgan fingerprint density at radius 1 is 1.35 bits per heavy atom. The molecule has 3 rings (SSSR count). The maximum Gasteiger partial charge on any atom is 0.490 e. The molecule has 0 bridgehead atoms. The Balaban J connectivity index is 0.000000423. The summed E-state index contributed by atoms with van der Waals surface area (Å²) in [6.45, 7) is 5.46. The molecule has 0 aromatic heterocycles. The van der Waals surface area contributed by atoms with Gasteiger partial charge in [0.1, 0.15) is 0 Å². The average molecular weight is 487 g/mol. The van der Waals surface area contributed by atoms with Gasteiger partial charge in [-0.3, -0.25) is 4.90 Å². The van der Waals surface area contributed by atoms with Crippen molar-refractivity contribution in [3.8, 4) is 0 Å². The van der Waals surface area contributed by atoms with E-state index >= 15 is 0 Å². The van der Waals surface area contributed by atoms with Crippen molar-refractivity contribution in [1.29, 1.82) is 0 Å². The summed E-state index contributed by atoms with van der Waals surface area (Å²) in [6.07, 6.45) is -3.09. The van der Waals surface area contributed by atoms with Crippen LogP contribution >= 0.6 is 11.6 Å². The molecule has 1 aromatic carbocycles. The molecule has 31 heavy (non-hydrogen) atoms. The van der Waals surface area contributed by atoms with E-state index in [2.05, 4.69) is 15.7 Å². The summed E-state index contributed by atoms with van der Waals surface area (Å²) >= 11 is 6.22. The molecule has 0 aliphatic carbocycles. The van der Waals surface area contributed by atoms with Gasteiger partial charge in [-0.25, -0.2) is 17.9 Å². The number of nitrogens with zero attached hydrogens (tertiary/aromatic N) is 1. The predicted molar refractivity (Wildman–Crippen MR) is 109 cm³/mol. The highest BCUT2D eigenvalue weighted by atomic mass is 35.5. The van der Waals surface area contributed by atoms with Crippen molar-refractivity contribution in [3.63, 3.8) is 0 Å². The summed E-state index contributed by atoms with van der Waals surface area (Å²) in [5.74, 6) is -2.36. The molecule has 12 heteroatoms. The van der Waals surface area contributed by atoms with Crippen molar-refractivity contribution >= 4 is 27.6 Å². The molecule has 7 nitrogen and oxygen atoms in total. The van der Waals surface area contributed by atoms with Gasteiger partial charge in [0.15, 0.2) is 0 Å². The maximum atomic E-state index is 11.5. The van der Waals surface area contributed by atoms with Gasteiger partial charge in [-0.1, -0.05) is 29.8 Å². The van der Waals surface area contributed by atoms with Crippen molar-refractivity contribution < 1.29 is 36.2 Å². The highest BCUT2D eigenvalue weighted by molar-refractivity contribution is 7.89. The van der Waals surface area contributed by atoms with Crippen LogP contribution in [-0.2, 0) is 26.1 Å². The van der Waals surface area contributed by atoms with Crippen LogP contribution in [0.5, 0.6) is 0 Å². The summed E-state index contributed by atoms with van der Waals surface area (Å²) < 4.78 is 63.5. The van der Waals surface area contributed by atoms with Crippen LogP contribution in [0.25, 0.3) is 0 Å². The first-order valence-electron chi connectivity index (χ1n) is 9.73. The number of hydrogen-bond donors (Lipinski definition) is 2. The zero-order valence-corrected chi connectivity index (χ0v) is 18.6. The lowest BCUT2D eigenvalue weighted by Crippen LogP contribution is -2.64. The highest BCUT2D eigenvalue weighted by Gasteiger charge is 2.46. The summed E-state index contributed by atoms with van der Waals surface area (Å²) in [4.78, 5) is 11.2. The lowest BCUT2D eigenvalue weighted by atomic mass is 9.83. The number of carboxylic acids is 1. The van der Waals surface area contributed by atoms with Gasteiger partial charge in [-0.2, -0.15) is 13.2 Å². The Hall–Kier alpha value is -1.40. The molecule has 0 amide bonds. The second-order valence-corrected chi connectivity index (χ2v) is 10.2. The maximum absolute atomic E-state index is 11.5. The van der Waals surface area contributed by atoms with Crippen LogP contribution < -0.4 is 4.72 Å². The number of halogens is 4. The van der Waals surface area contributed by atoms with Crippen LogP contribution in [0.1, 0.15) is 25.3 Å². The minimum absolute atomic E-state index is 0.0403. The Morgan fingerprint density at radius 2 is 1.97 bits per heavy atom. The minimum Gasteiger partial charge on any atom is -0.475 e. The number of sulfonamides is 1. The van der Waals surface area contributed by atoms with E-state index in [0.29, 0.717) is 13.2 Å². The van der Waals surface area contributed by atoms with Crippen molar-refractivity contribution in [2.75, 3.05) is 32.0 Å². The van der Waals surface area contributed by atoms with Gasteiger partial charge < -0.3 is 9.84 Å². The van der Waals surface area contributed by atoms with E-state index in [1.54, 1.807) is 6.92 Å². The van der Waals surface area contributed by atoms with Gasteiger partial charge in [0.25, 0.3) is 0 Å². The number of likely N-dealkylation sites (tertiary alicyclic amines) is 1. The van der Waals surface area contributed by atoms with Crippen molar-refractivity contribution in [1.82, 2.24) is 9.62 Å². The lowest BCUT2D eigenvalue weighted by molar-refractivity contribution is -0.192. The third kappa shape index (κ3) is 7.90. The minimum atomic E-state index is -5.08. The number of rotatable bonds is 6. The predicted octanol–water partition coefficient (Wildman–Crippen LogP) is 2.89. The highest BCUT2D eigenvalue weighted by Crippen LogP contribution is 2.37. The Bertz CT molecular complexity index is 850. The number of benzene rings is 1. The molecule has 0 saturated carbocycles. The quantitative estimate of drug-likeness (QED) is 0.642. The monoisotopic (exact) mass is 486 g/mol. The Labute approximate surface area is 184 Å². The fourth-order valence-corrected chi connectivity index (χ4v) is 4.31. The van der Waals surface area contributed by atoms with E-state index in [1.807, 2.05) is 18.2 Å². The number of carbonyl (C=O) groups is 1. The molecule has 176 valence electrons. The van der Waals surface area contributed by atoms with Crippen LogP contribution in [0.2, 0.25) is 5.02 Å². The van der Waals surface area contributed by atoms with E-state index in [1.165, 1.54) is 0 Å². The number of nitrogens with one attached hydrogen (secondary N) is 1. The van der Waals surface area contributed by atoms with Crippen molar-refractivity contribution in [2.45, 2.75) is 38.1 Å². The van der Waals surface area contributed by atoms with Crippen LogP contribution in [0.3, 0.4) is 0 Å². The molecule has 2 heterocycles. The van der Waals surface area contributed by atoms with E-state index in [-0.39, 0.29) is 17.3 Å². The fraction of sp³-hybridized carbons (Fsp3) is 0.632. The van der Waals surface area contributed by atoms with E-state index < -0.39 is 22.2 Å². The SMILES string of the molecule is CCS(=O)(=O)NCC1CCC2(CN(Cc3ccccc3Cl)C2)OC1.O=C(O)C(F)(F)F. The number of ether oxygens (including phenoxy) is 1. The molecule has 1 aromatic rings. The molecule has 1 atom stereocenters. The number of aliphatic carboxylic acids is 1. The molecule has 2 saturated heterocycles. The van der Waals surface area contributed by atoms with Gasteiger partial charge in [-0.15, -0.1) is 0 Å². The number of hydrogen-bond acceptors (Lipinski definition) is 5. The summed E-state index contributed by atoms with van der Waals surface area (Å²) in [7, 11) is -3.11. The number of alkyl halides is 3. The molecule has 2 aliphatic rings. The fourth-order valence-electron chi connectivity index (χ4n) is 3.42. The van der Waals surface area contributed by atoms with Crippen LogP contribution in [0.4, 0.5) is 13.2 Å². The third-order valence-electron chi connectivity index (χ3n) is 5.22. The van der Waals surface area contributed by atoms with Gasteiger partial charge >= 0.3 is 12.1 Å². The largest absolute Gasteiger partial charge is 0.490 e. The van der Waals surface area contributed by atoms with E-state index in [4.69, 9.17) is 26.2 Å². The molecule has 2 fully saturated rings. The number of carboxylic acid groups (broad SMARTS) is 1. The molecule has 2 aliphatic heterocycles. The summed E-state index contributed by atoms with van der Waals surface area (Å²) in [5, 5.41) is 7.94. The topological polar surface area (TPSA) is 95.9 Å². The Kier molecular flexibility index (Phi) is 8.74. The van der Waals surface area contributed by atoms with E-state index in [0.717, 1.165) is 43.1 Å². The molecular weight excluding hydrogens is 461 g/mol. The van der Waals surface area contributed by atoms with Gasteiger partial charge in [0.2, 0.25) is 10.0 Å². The molecular formula is C19H26ClF3N2O5S. The Morgan fingerprint density at radius 3 is 2.45 bits per heavy atom. The second kappa shape index (κ2) is 10.5. The van der Waals surface area contributed by atoms with Gasteiger partial charge in [0, 0.05) is 31.2 Å². The summed E-state index contributed by atoms with van der Waals surface area (Å²) in [6, 6.07) is 7.94. The van der Waals surface area contributed by atoms with E-state index in [9.17, 15) is 21.6 Å². The van der Waals surface area contributed by atoms with Crippen LogP contribution in [0, 0.1) is 5.92 Å². The molecule has 1 spiro atoms. The zero-order valence-electron chi connectivity index (χ0n) is 17.0. The average Bonchev–Trinajstić information content (AvgIpc) is 2.68. The first-order valence-corrected chi connectivity index (χ1v) is 11.8. The molecule has 0 radical (unpaired) electrons. The van der Waals surface area contributed by atoms with Gasteiger partial charge in [-0.05, 0) is 37.3 Å². The lowest BCUT2D eigenvalue weighted by Gasteiger charge is -2.53. The van der Waals surface area contributed by atoms with Gasteiger partial charge in [0.05, 0.1) is 18.0 Å². The standard InChI is InChI=1S/C17H25ClN2O3S.C2HF3O2/c1-2-24(21,22)19-9-14-7-8-17(23-11-14)12-20(13-17)10-15-5-3-4-6-16(15)18;3-2(4,5)1(6)7/h3-6,14,19H,2,7-13H2,1H3;(H,6,7). The molecule has 1 unspecified atom stereocenters. The van der Waals surface area contributed by atoms with Crippen LogP contribution in [0.15, 0.2) is 24.3 Å². The third-order valence-corrected chi connectivity index (χ3v) is 6.96.